The number of carbonyl (C=O) groups is 1. The minimum Gasteiger partial charge on any atom is -0.391 e. The van der Waals surface area contributed by atoms with Crippen LogP contribution in [0.15, 0.2) is 24.3 Å². The highest BCUT2D eigenvalue weighted by Crippen LogP contribution is 2.23. The molecule has 3 heterocycles. The average molecular weight is 388 g/mol. The van der Waals surface area contributed by atoms with Crippen LogP contribution in [0, 0.1) is 0 Å². The van der Waals surface area contributed by atoms with Gasteiger partial charge in [0.25, 0.3) is 0 Å². The Morgan fingerprint density at radius 2 is 1.71 bits per heavy atom. The Balaban J connectivity index is 1.21. The third-order valence-electron chi connectivity index (χ3n) is 6.47. The van der Waals surface area contributed by atoms with Crippen molar-refractivity contribution in [1.29, 1.82) is 0 Å². The average Bonchev–Trinajstić information content (AvgIpc) is 3.03. The second kappa shape index (κ2) is 9.35. The van der Waals surface area contributed by atoms with Gasteiger partial charge in [0.2, 0.25) is 5.91 Å². The number of ether oxygens (including phenoxy) is 1. The SMILES string of the molecule is O=C(CCCN1Cc2ccccc2C1)N1CC[C@H](O)[C@@H](N2CCOCC2)CC1. The topological polar surface area (TPSA) is 56.2 Å². The van der Waals surface area contributed by atoms with Crippen molar-refractivity contribution >= 4 is 5.91 Å². The van der Waals surface area contributed by atoms with Crippen LogP contribution in [0.2, 0.25) is 0 Å². The van der Waals surface area contributed by atoms with Gasteiger partial charge in [-0.3, -0.25) is 14.6 Å². The highest BCUT2D eigenvalue weighted by molar-refractivity contribution is 5.76. The third kappa shape index (κ3) is 4.74. The Morgan fingerprint density at radius 1 is 1.04 bits per heavy atom. The molecule has 3 aliphatic heterocycles. The number of benzene rings is 1. The van der Waals surface area contributed by atoms with Gasteiger partial charge in [0.1, 0.15) is 0 Å². The minimum atomic E-state index is -0.348. The lowest BCUT2D eigenvalue weighted by atomic mass is 10.0. The van der Waals surface area contributed by atoms with E-state index in [1.807, 2.05) is 4.90 Å². The highest BCUT2D eigenvalue weighted by atomic mass is 16.5. The van der Waals surface area contributed by atoms with Gasteiger partial charge in [0.05, 0.1) is 19.3 Å². The molecule has 0 unspecified atom stereocenters. The summed E-state index contributed by atoms with van der Waals surface area (Å²) in [6.45, 7) is 7.65. The second-order valence-electron chi connectivity index (χ2n) is 8.32. The molecule has 2 fully saturated rings. The van der Waals surface area contributed by atoms with Crippen LogP contribution in [-0.2, 0) is 22.6 Å². The number of morpholine rings is 1. The minimum absolute atomic E-state index is 0.157. The first-order chi connectivity index (χ1) is 13.7. The van der Waals surface area contributed by atoms with Crippen LogP contribution in [0.25, 0.3) is 0 Å². The summed E-state index contributed by atoms with van der Waals surface area (Å²) in [5.74, 6) is 0.242. The number of hydrogen-bond donors (Lipinski definition) is 1. The Kier molecular flexibility index (Phi) is 6.62. The van der Waals surface area contributed by atoms with Crippen LogP contribution >= 0.6 is 0 Å². The van der Waals surface area contributed by atoms with E-state index in [9.17, 15) is 9.90 Å². The molecule has 4 rings (SSSR count). The van der Waals surface area contributed by atoms with Gasteiger partial charge in [-0.15, -0.1) is 0 Å². The number of rotatable bonds is 5. The molecule has 0 aliphatic carbocycles. The van der Waals surface area contributed by atoms with E-state index >= 15 is 0 Å². The molecule has 0 radical (unpaired) electrons. The summed E-state index contributed by atoms with van der Waals surface area (Å²) in [6.07, 6.45) is 2.69. The van der Waals surface area contributed by atoms with Gasteiger partial charge in [-0.1, -0.05) is 24.3 Å². The zero-order chi connectivity index (χ0) is 19.3. The van der Waals surface area contributed by atoms with Crippen molar-refractivity contribution in [3.63, 3.8) is 0 Å². The molecule has 28 heavy (non-hydrogen) atoms. The van der Waals surface area contributed by atoms with E-state index in [0.29, 0.717) is 19.4 Å². The maximum absolute atomic E-state index is 12.7. The number of hydrogen-bond acceptors (Lipinski definition) is 5. The molecule has 0 bridgehead atoms. The Bertz CT molecular complexity index is 637. The molecule has 1 aromatic carbocycles. The molecule has 154 valence electrons. The first-order valence-electron chi connectivity index (χ1n) is 10.8. The summed E-state index contributed by atoms with van der Waals surface area (Å²) in [5, 5.41) is 10.6. The van der Waals surface area contributed by atoms with E-state index in [2.05, 4.69) is 34.1 Å². The zero-order valence-electron chi connectivity index (χ0n) is 16.8. The monoisotopic (exact) mass is 387 g/mol. The van der Waals surface area contributed by atoms with Gasteiger partial charge in [-0.05, 0) is 36.9 Å². The molecule has 1 aromatic rings. The van der Waals surface area contributed by atoms with Crippen molar-refractivity contribution in [2.45, 2.75) is 50.9 Å². The van der Waals surface area contributed by atoms with Crippen molar-refractivity contribution in [2.24, 2.45) is 0 Å². The number of amides is 1. The molecule has 0 spiro atoms. The summed E-state index contributed by atoms with van der Waals surface area (Å²) in [6, 6.07) is 8.76. The maximum atomic E-state index is 12.7. The smallest absolute Gasteiger partial charge is 0.222 e. The summed E-state index contributed by atoms with van der Waals surface area (Å²) in [5.41, 5.74) is 2.84. The molecule has 0 aromatic heterocycles. The van der Waals surface area contributed by atoms with Crippen molar-refractivity contribution < 1.29 is 14.6 Å². The van der Waals surface area contributed by atoms with Crippen LogP contribution < -0.4 is 0 Å². The fourth-order valence-corrected chi connectivity index (χ4v) is 4.83. The zero-order valence-corrected chi connectivity index (χ0v) is 16.8. The molecule has 3 aliphatic rings. The van der Waals surface area contributed by atoms with Gasteiger partial charge in [-0.2, -0.15) is 0 Å². The molecule has 1 amide bonds. The van der Waals surface area contributed by atoms with Gasteiger partial charge in [0, 0.05) is 51.7 Å². The molecule has 6 nitrogen and oxygen atoms in total. The van der Waals surface area contributed by atoms with E-state index in [4.69, 9.17) is 4.74 Å². The number of fused-ring (bicyclic) bond motifs is 1. The lowest BCUT2D eigenvalue weighted by Crippen LogP contribution is -2.49. The Hall–Kier alpha value is -1.47. The number of nitrogens with zero attached hydrogens (tertiary/aromatic N) is 3. The molecule has 2 atom stereocenters. The van der Waals surface area contributed by atoms with Gasteiger partial charge in [0.15, 0.2) is 0 Å². The molecule has 1 N–H and O–H groups in total. The number of aliphatic hydroxyl groups is 1. The van der Waals surface area contributed by atoms with Crippen LogP contribution in [0.4, 0.5) is 0 Å². The van der Waals surface area contributed by atoms with Crippen LogP contribution in [0.1, 0.15) is 36.8 Å². The van der Waals surface area contributed by atoms with Crippen LogP contribution in [-0.4, -0.2) is 83.8 Å². The standard InChI is InChI=1S/C22H33N3O3/c26-21-8-11-25(10-7-20(21)24-12-14-28-15-13-24)22(27)6-3-9-23-16-18-4-1-2-5-19(18)17-23/h1-2,4-5,20-21,26H,3,6-17H2/t20-,21-/m0/s1. The van der Waals surface area contributed by atoms with E-state index in [1.54, 1.807) is 0 Å². The van der Waals surface area contributed by atoms with Gasteiger partial charge >= 0.3 is 0 Å². The van der Waals surface area contributed by atoms with E-state index in [1.165, 1.54) is 11.1 Å². The summed E-state index contributed by atoms with van der Waals surface area (Å²) in [4.78, 5) is 19.5. The number of aliphatic hydroxyl groups excluding tert-OH is 1. The van der Waals surface area contributed by atoms with Crippen molar-refractivity contribution in [2.75, 3.05) is 45.9 Å². The fourth-order valence-electron chi connectivity index (χ4n) is 4.83. The highest BCUT2D eigenvalue weighted by Gasteiger charge is 2.31. The van der Waals surface area contributed by atoms with E-state index < -0.39 is 0 Å². The first kappa shape index (κ1) is 19.8. The van der Waals surface area contributed by atoms with Crippen LogP contribution in [0.5, 0.6) is 0 Å². The largest absolute Gasteiger partial charge is 0.391 e. The first-order valence-corrected chi connectivity index (χ1v) is 10.8. The van der Waals surface area contributed by atoms with E-state index in [-0.39, 0.29) is 18.1 Å². The predicted octanol–water partition coefficient (Wildman–Crippen LogP) is 1.47. The lowest BCUT2D eigenvalue weighted by Gasteiger charge is -2.36. The second-order valence-corrected chi connectivity index (χ2v) is 8.32. The molecule has 0 saturated carbocycles. The van der Waals surface area contributed by atoms with Crippen molar-refractivity contribution in [3.8, 4) is 0 Å². The maximum Gasteiger partial charge on any atom is 0.222 e. The summed E-state index contributed by atoms with van der Waals surface area (Å²) < 4.78 is 5.43. The Labute approximate surface area is 168 Å². The number of likely N-dealkylation sites (tertiary alicyclic amines) is 1. The quantitative estimate of drug-likeness (QED) is 0.829. The van der Waals surface area contributed by atoms with Crippen LogP contribution in [0.3, 0.4) is 0 Å². The van der Waals surface area contributed by atoms with E-state index in [0.717, 1.165) is 65.3 Å². The molecule has 2 saturated heterocycles. The number of carbonyl (C=O) groups excluding carboxylic acids is 1. The van der Waals surface area contributed by atoms with Gasteiger partial charge in [-0.25, -0.2) is 0 Å². The molecule has 6 heteroatoms. The fraction of sp³-hybridized carbons (Fsp3) is 0.682. The van der Waals surface area contributed by atoms with Crippen molar-refractivity contribution in [1.82, 2.24) is 14.7 Å². The van der Waals surface area contributed by atoms with Gasteiger partial charge < -0.3 is 14.7 Å². The molecular weight excluding hydrogens is 354 g/mol. The lowest BCUT2D eigenvalue weighted by molar-refractivity contribution is -0.131. The summed E-state index contributed by atoms with van der Waals surface area (Å²) >= 11 is 0. The third-order valence-corrected chi connectivity index (χ3v) is 6.47. The Morgan fingerprint density at radius 3 is 2.43 bits per heavy atom. The van der Waals surface area contributed by atoms with Crippen molar-refractivity contribution in [3.05, 3.63) is 35.4 Å². The summed E-state index contributed by atoms with van der Waals surface area (Å²) in [7, 11) is 0. The predicted molar refractivity (Wildman–Crippen MR) is 108 cm³/mol. The normalized spacial score (nSPS) is 26.8. The molecular formula is C22H33N3O3.